The first-order valence-corrected chi connectivity index (χ1v) is 7.29. The second kappa shape index (κ2) is 5.28. The lowest BCUT2D eigenvalue weighted by Crippen LogP contribution is -2.49. The Balaban J connectivity index is 2.34. The van der Waals surface area contributed by atoms with Crippen molar-refractivity contribution in [2.75, 3.05) is 12.4 Å². The second-order valence-corrected chi connectivity index (χ2v) is 6.98. The number of carbonyl (C=O) groups is 1. The number of rotatable bonds is 3. The van der Waals surface area contributed by atoms with Crippen LogP contribution in [0, 0.1) is 11.3 Å². The minimum atomic E-state index is -0.661. The average Bonchev–Trinajstić information content (AvgIpc) is 2.61. The van der Waals surface area contributed by atoms with Gasteiger partial charge in [-0.1, -0.05) is 32.4 Å². The third-order valence-electron chi connectivity index (χ3n) is 4.22. The third kappa shape index (κ3) is 2.78. The van der Waals surface area contributed by atoms with Gasteiger partial charge in [0.2, 0.25) is 0 Å². The van der Waals surface area contributed by atoms with E-state index in [1.165, 1.54) is 7.11 Å². The van der Waals surface area contributed by atoms with E-state index in [9.17, 15) is 4.79 Å². The molecular formula is C16H22ClNO2. The molecule has 1 aliphatic rings. The predicted molar refractivity (Wildman–Crippen MR) is 82.0 cm³/mol. The van der Waals surface area contributed by atoms with Gasteiger partial charge in [-0.05, 0) is 48.4 Å². The van der Waals surface area contributed by atoms with Crippen LogP contribution in [0.2, 0.25) is 5.02 Å². The van der Waals surface area contributed by atoms with Crippen molar-refractivity contribution in [3.8, 4) is 0 Å². The van der Waals surface area contributed by atoms with Crippen LogP contribution in [0.25, 0.3) is 0 Å². The largest absolute Gasteiger partial charge is 0.467 e. The fourth-order valence-electron chi connectivity index (χ4n) is 3.47. The molecule has 2 unspecified atom stereocenters. The summed E-state index contributed by atoms with van der Waals surface area (Å²) in [6.45, 7) is 6.49. The topological polar surface area (TPSA) is 38.3 Å². The van der Waals surface area contributed by atoms with Crippen LogP contribution in [0.3, 0.4) is 0 Å². The van der Waals surface area contributed by atoms with Gasteiger partial charge in [-0.15, -0.1) is 0 Å². The van der Waals surface area contributed by atoms with Gasteiger partial charge >= 0.3 is 5.97 Å². The van der Waals surface area contributed by atoms with E-state index in [1.807, 2.05) is 24.3 Å². The van der Waals surface area contributed by atoms with Gasteiger partial charge in [-0.25, -0.2) is 4.79 Å². The zero-order valence-electron chi connectivity index (χ0n) is 12.5. The van der Waals surface area contributed by atoms with Crippen molar-refractivity contribution >= 4 is 23.3 Å². The second-order valence-electron chi connectivity index (χ2n) is 6.54. The molecule has 1 aromatic carbocycles. The summed E-state index contributed by atoms with van der Waals surface area (Å²) in [6.07, 6.45) is 1.75. The maximum absolute atomic E-state index is 12.4. The lowest BCUT2D eigenvalue weighted by Gasteiger charge is -2.33. The van der Waals surface area contributed by atoms with Crippen LogP contribution < -0.4 is 5.32 Å². The van der Waals surface area contributed by atoms with Crippen LogP contribution in [0.4, 0.5) is 5.69 Å². The molecule has 0 spiro atoms. The van der Waals surface area contributed by atoms with Crippen molar-refractivity contribution in [3.05, 3.63) is 29.3 Å². The van der Waals surface area contributed by atoms with Crippen LogP contribution in [-0.2, 0) is 9.53 Å². The van der Waals surface area contributed by atoms with Gasteiger partial charge in [0.25, 0.3) is 0 Å². The Morgan fingerprint density at radius 3 is 2.40 bits per heavy atom. The standard InChI is InChI=1S/C16H22ClNO2/c1-11-9-15(2,3)10-16(11,14(19)20-4)18-13-7-5-12(17)6-8-13/h5-8,11,18H,9-10H2,1-4H3. The van der Waals surface area contributed by atoms with Crippen LogP contribution >= 0.6 is 11.6 Å². The molecule has 3 nitrogen and oxygen atoms in total. The highest BCUT2D eigenvalue weighted by molar-refractivity contribution is 6.30. The van der Waals surface area contributed by atoms with Gasteiger partial charge in [0.15, 0.2) is 0 Å². The van der Waals surface area contributed by atoms with E-state index in [1.54, 1.807) is 0 Å². The molecule has 1 saturated carbocycles. The molecule has 1 fully saturated rings. The van der Waals surface area contributed by atoms with Gasteiger partial charge in [0.05, 0.1) is 7.11 Å². The zero-order chi connectivity index (χ0) is 15.0. The van der Waals surface area contributed by atoms with E-state index in [4.69, 9.17) is 16.3 Å². The van der Waals surface area contributed by atoms with Crippen LogP contribution in [-0.4, -0.2) is 18.6 Å². The van der Waals surface area contributed by atoms with Crippen molar-refractivity contribution in [1.29, 1.82) is 0 Å². The fraction of sp³-hybridized carbons (Fsp3) is 0.562. The van der Waals surface area contributed by atoms with Crippen LogP contribution in [0.5, 0.6) is 0 Å². The molecule has 1 aromatic rings. The number of hydrogen-bond donors (Lipinski definition) is 1. The predicted octanol–water partition coefficient (Wildman–Crippen LogP) is 4.12. The fourth-order valence-corrected chi connectivity index (χ4v) is 3.60. The first kappa shape index (κ1) is 15.2. The molecule has 110 valence electrons. The number of methoxy groups -OCH3 is 1. The highest BCUT2D eigenvalue weighted by atomic mass is 35.5. The van der Waals surface area contributed by atoms with Crippen LogP contribution in [0.15, 0.2) is 24.3 Å². The van der Waals surface area contributed by atoms with E-state index < -0.39 is 5.54 Å². The molecule has 1 N–H and O–H groups in total. The first-order valence-electron chi connectivity index (χ1n) is 6.91. The zero-order valence-corrected chi connectivity index (χ0v) is 13.3. The van der Waals surface area contributed by atoms with E-state index in [2.05, 4.69) is 26.1 Å². The molecular weight excluding hydrogens is 274 g/mol. The number of esters is 1. The molecule has 0 amide bonds. The Labute approximate surface area is 125 Å². The lowest BCUT2D eigenvalue weighted by molar-refractivity contribution is -0.147. The molecule has 0 heterocycles. The molecule has 1 aliphatic carbocycles. The van der Waals surface area contributed by atoms with Gasteiger partial charge in [0.1, 0.15) is 5.54 Å². The Morgan fingerprint density at radius 1 is 1.35 bits per heavy atom. The van der Waals surface area contributed by atoms with Crippen molar-refractivity contribution in [3.63, 3.8) is 0 Å². The molecule has 2 atom stereocenters. The van der Waals surface area contributed by atoms with Crippen molar-refractivity contribution < 1.29 is 9.53 Å². The minimum absolute atomic E-state index is 0.118. The molecule has 0 saturated heterocycles. The number of benzene rings is 1. The number of ether oxygens (including phenoxy) is 1. The van der Waals surface area contributed by atoms with E-state index in [0.717, 1.165) is 18.5 Å². The Kier molecular flexibility index (Phi) is 4.01. The molecule has 0 bridgehead atoms. The van der Waals surface area contributed by atoms with E-state index >= 15 is 0 Å². The summed E-state index contributed by atoms with van der Waals surface area (Å²) < 4.78 is 5.07. The number of hydrogen-bond acceptors (Lipinski definition) is 3. The summed E-state index contributed by atoms with van der Waals surface area (Å²) in [5, 5.41) is 4.09. The lowest BCUT2D eigenvalue weighted by atomic mass is 9.86. The number of nitrogens with one attached hydrogen (secondary N) is 1. The minimum Gasteiger partial charge on any atom is -0.467 e. The number of carbonyl (C=O) groups excluding carboxylic acids is 1. The Morgan fingerprint density at radius 2 is 1.95 bits per heavy atom. The maximum atomic E-state index is 12.4. The maximum Gasteiger partial charge on any atom is 0.331 e. The summed E-state index contributed by atoms with van der Waals surface area (Å²) in [6, 6.07) is 7.43. The number of anilines is 1. The normalized spacial score (nSPS) is 28.1. The molecule has 0 radical (unpaired) electrons. The Hall–Kier alpha value is -1.22. The Bertz CT molecular complexity index is 498. The molecule has 0 aliphatic heterocycles. The summed E-state index contributed by atoms with van der Waals surface area (Å²) in [5.74, 6) is 0.0196. The summed E-state index contributed by atoms with van der Waals surface area (Å²) in [5.41, 5.74) is 0.350. The smallest absolute Gasteiger partial charge is 0.331 e. The SMILES string of the molecule is COC(=O)C1(Nc2ccc(Cl)cc2)CC(C)(C)CC1C. The molecule has 20 heavy (non-hydrogen) atoms. The summed E-state index contributed by atoms with van der Waals surface area (Å²) in [4.78, 5) is 12.4. The first-order chi connectivity index (χ1) is 9.29. The highest BCUT2D eigenvalue weighted by Crippen LogP contribution is 2.49. The average molecular weight is 296 g/mol. The quantitative estimate of drug-likeness (QED) is 0.853. The van der Waals surface area contributed by atoms with E-state index in [0.29, 0.717) is 5.02 Å². The number of halogens is 1. The van der Waals surface area contributed by atoms with Gasteiger partial charge in [-0.2, -0.15) is 0 Å². The molecule has 4 heteroatoms. The van der Waals surface area contributed by atoms with Gasteiger partial charge in [0, 0.05) is 10.7 Å². The van der Waals surface area contributed by atoms with Gasteiger partial charge < -0.3 is 10.1 Å². The van der Waals surface area contributed by atoms with Crippen LogP contribution in [0.1, 0.15) is 33.6 Å². The molecule has 0 aromatic heterocycles. The summed E-state index contributed by atoms with van der Waals surface area (Å²) in [7, 11) is 1.45. The highest BCUT2D eigenvalue weighted by Gasteiger charge is 2.54. The third-order valence-corrected chi connectivity index (χ3v) is 4.47. The van der Waals surface area contributed by atoms with Crippen molar-refractivity contribution in [1.82, 2.24) is 0 Å². The van der Waals surface area contributed by atoms with Crippen molar-refractivity contribution in [2.45, 2.75) is 39.2 Å². The summed E-state index contributed by atoms with van der Waals surface area (Å²) >= 11 is 5.91. The van der Waals surface area contributed by atoms with Gasteiger partial charge in [-0.3, -0.25) is 0 Å². The monoisotopic (exact) mass is 295 g/mol. The van der Waals surface area contributed by atoms with E-state index in [-0.39, 0.29) is 17.3 Å². The van der Waals surface area contributed by atoms with Crippen molar-refractivity contribution in [2.24, 2.45) is 11.3 Å². The molecule has 2 rings (SSSR count).